The van der Waals surface area contributed by atoms with E-state index in [2.05, 4.69) is 26.9 Å². The highest BCUT2D eigenvalue weighted by Crippen LogP contribution is 2.11. The number of nitrogens with zero attached hydrogens (tertiary/aromatic N) is 2. The zero-order chi connectivity index (χ0) is 19.6. The van der Waals surface area contributed by atoms with Crippen molar-refractivity contribution in [3.63, 3.8) is 0 Å². The van der Waals surface area contributed by atoms with Crippen LogP contribution in [-0.4, -0.2) is 54.9 Å². The number of guanidine groups is 1. The molecule has 1 aliphatic heterocycles. The third kappa shape index (κ3) is 6.33. The topological polar surface area (TPSA) is 85.8 Å². The lowest BCUT2D eigenvalue weighted by Gasteiger charge is -2.18. The largest absolute Gasteiger partial charge is 0.357 e. The molecule has 0 bridgehead atoms. The lowest BCUT2D eigenvalue weighted by Crippen LogP contribution is -2.45. The molecule has 0 radical (unpaired) electrons. The lowest BCUT2D eigenvalue weighted by atomic mass is 10.2. The minimum atomic E-state index is -0.226. The van der Waals surface area contributed by atoms with Crippen LogP contribution in [0.15, 0.2) is 29.3 Å². The van der Waals surface area contributed by atoms with E-state index in [1.54, 1.807) is 24.3 Å². The van der Waals surface area contributed by atoms with Gasteiger partial charge >= 0.3 is 0 Å². The zero-order valence-corrected chi connectivity index (χ0v) is 15.9. The Kier molecular flexibility index (Phi) is 7.68. The lowest BCUT2D eigenvalue weighted by molar-refractivity contribution is -0.129. The molecule has 7 nitrogen and oxygen atoms in total. The van der Waals surface area contributed by atoms with Gasteiger partial charge in [-0.2, -0.15) is 0 Å². The number of amides is 2. The maximum absolute atomic E-state index is 12.2. The van der Waals surface area contributed by atoms with E-state index in [9.17, 15) is 9.59 Å². The standard InChI is InChI=1S/C20H27N5O2/c1-4-15-8-7-9-16(12-15)23-18(26)13-22-20(21-6-3)24-17-10-11-25(14-17)19(27)5-2/h1,7-9,12,17H,5-6,10-11,13-14H2,2-3H3,(H,23,26)(H2,21,22,24). The molecular weight excluding hydrogens is 342 g/mol. The number of anilines is 1. The summed E-state index contributed by atoms with van der Waals surface area (Å²) in [6.07, 6.45) is 6.75. The first-order valence-corrected chi connectivity index (χ1v) is 9.24. The monoisotopic (exact) mass is 369 g/mol. The van der Waals surface area contributed by atoms with Crippen molar-refractivity contribution in [2.45, 2.75) is 32.7 Å². The molecule has 1 aromatic carbocycles. The van der Waals surface area contributed by atoms with Gasteiger partial charge in [0.15, 0.2) is 5.96 Å². The van der Waals surface area contributed by atoms with Gasteiger partial charge in [0.1, 0.15) is 6.54 Å². The van der Waals surface area contributed by atoms with Crippen molar-refractivity contribution in [1.82, 2.24) is 15.5 Å². The molecular formula is C20H27N5O2. The molecule has 0 aromatic heterocycles. The number of carbonyl (C=O) groups excluding carboxylic acids is 2. The Balaban J connectivity index is 1.90. The Morgan fingerprint density at radius 1 is 1.37 bits per heavy atom. The Morgan fingerprint density at radius 2 is 2.19 bits per heavy atom. The van der Waals surface area contributed by atoms with Crippen LogP contribution < -0.4 is 16.0 Å². The second kappa shape index (κ2) is 10.2. The predicted octanol–water partition coefficient (Wildman–Crippen LogP) is 1.17. The van der Waals surface area contributed by atoms with Crippen molar-refractivity contribution < 1.29 is 9.59 Å². The van der Waals surface area contributed by atoms with E-state index < -0.39 is 0 Å². The van der Waals surface area contributed by atoms with Gasteiger partial charge in [-0.25, -0.2) is 4.99 Å². The van der Waals surface area contributed by atoms with Gasteiger partial charge in [-0.05, 0) is 31.5 Å². The smallest absolute Gasteiger partial charge is 0.246 e. The molecule has 1 fully saturated rings. The number of likely N-dealkylation sites (tertiary alicyclic amines) is 1. The molecule has 27 heavy (non-hydrogen) atoms. The maximum atomic E-state index is 12.2. The van der Waals surface area contributed by atoms with E-state index in [0.717, 1.165) is 13.0 Å². The summed E-state index contributed by atoms with van der Waals surface area (Å²) in [6.45, 7) is 5.90. The van der Waals surface area contributed by atoms with E-state index in [-0.39, 0.29) is 24.4 Å². The molecule has 2 rings (SSSR count). The van der Waals surface area contributed by atoms with E-state index in [1.807, 2.05) is 18.7 Å². The van der Waals surface area contributed by atoms with Crippen molar-refractivity contribution in [2.75, 3.05) is 31.5 Å². The van der Waals surface area contributed by atoms with Gasteiger partial charge in [-0.1, -0.05) is 18.9 Å². The van der Waals surface area contributed by atoms with Crippen LogP contribution in [0.1, 0.15) is 32.3 Å². The summed E-state index contributed by atoms with van der Waals surface area (Å²) >= 11 is 0. The van der Waals surface area contributed by atoms with E-state index >= 15 is 0 Å². The third-order valence-corrected chi connectivity index (χ3v) is 4.22. The Morgan fingerprint density at radius 3 is 2.89 bits per heavy atom. The van der Waals surface area contributed by atoms with Crippen LogP contribution in [0.25, 0.3) is 0 Å². The fourth-order valence-electron chi connectivity index (χ4n) is 2.88. The molecule has 1 unspecified atom stereocenters. The summed E-state index contributed by atoms with van der Waals surface area (Å²) in [5.41, 5.74) is 1.35. The van der Waals surface area contributed by atoms with E-state index in [0.29, 0.717) is 36.7 Å². The minimum Gasteiger partial charge on any atom is -0.357 e. The Bertz CT molecular complexity index is 738. The van der Waals surface area contributed by atoms with Crippen LogP contribution >= 0.6 is 0 Å². The summed E-state index contributed by atoms with van der Waals surface area (Å²) in [5.74, 6) is 3.04. The van der Waals surface area contributed by atoms with Gasteiger partial charge < -0.3 is 20.9 Å². The maximum Gasteiger partial charge on any atom is 0.246 e. The molecule has 1 aliphatic rings. The number of hydrogen-bond donors (Lipinski definition) is 3. The highest BCUT2D eigenvalue weighted by molar-refractivity contribution is 5.94. The number of terminal acetylenes is 1. The van der Waals surface area contributed by atoms with Gasteiger partial charge in [-0.15, -0.1) is 6.42 Å². The van der Waals surface area contributed by atoms with E-state index in [4.69, 9.17) is 6.42 Å². The van der Waals surface area contributed by atoms with Crippen LogP contribution in [0.5, 0.6) is 0 Å². The summed E-state index contributed by atoms with van der Waals surface area (Å²) < 4.78 is 0. The van der Waals surface area contributed by atoms with Crippen molar-refractivity contribution in [1.29, 1.82) is 0 Å². The fourth-order valence-corrected chi connectivity index (χ4v) is 2.88. The second-order valence-electron chi connectivity index (χ2n) is 6.29. The van der Waals surface area contributed by atoms with Crippen LogP contribution in [0.4, 0.5) is 5.69 Å². The Hall–Kier alpha value is -3.01. The summed E-state index contributed by atoms with van der Waals surface area (Å²) in [7, 11) is 0. The molecule has 0 aliphatic carbocycles. The van der Waals surface area contributed by atoms with Crippen molar-refractivity contribution in [3.8, 4) is 12.3 Å². The van der Waals surface area contributed by atoms with Crippen LogP contribution in [0, 0.1) is 12.3 Å². The summed E-state index contributed by atoms with van der Waals surface area (Å²) in [4.78, 5) is 30.2. The van der Waals surface area contributed by atoms with Crippen molar-refractivity contribution in [2.24, 2.45) is 4.99 Å². The highest BCUT2D eigenvalue weighted by atomic mass is 16.2. The first-order chi connectivity index (χ1) is 13.0. The number of aliphatic imine (C=N–C) groups is 1. The average molecular weight is 369 g/mol. The van der Waals surface area contributed by atoms with Gasteiger partial charge in [-0.3, -0.25) is 9.59 Å². The van der Waals surface area contributed by atoms with Gasteiger partial charge in [0, 0.05) is 43.3 Å². The SMILES string of the molecule is C#Cc1cccc(NC(=O)CN=C(NCC)NC2CCN(C(=O)CC)C2)c1. The summed E-state index contributed by atoms with van der Waals surface area (Å²) in [6, 6.07) is 7.25. The van der Waals surface area contributed by atoms with Gasteiger partial charge in [0.2, 0.25) is 11.8 Å². The number of hydrogen-bond acceptors (Lipinski definition) is 3. The zero-order valence-electron chi connectivity index (χ0n) is 15.9. The van der Waals surface area contributed by atoms with Gasteiger partial charge in [0.05, 0.1) is 0 Å². The number of nitrogens with one attached hydrogen (secondary N) is 3. The fraction of sp³-hybridized carbons (Fsp3) is 0.450. The van der Waals surface area contributed by atoms with Crippen LogP contribution in [0.3, 0.4) is 0 Å². The first kappa shape index (κ1) is 20.3. The van der Waals surface area contributed by atoms with Crippen LogP contribution in [-0.2, 0) is 9.59 Å². The first-order valence-electron chi connectivity index (χ1n) is 9.24. The molecule has 1 saturated heterocycles. The molecule has 7 heteroatoms. The molecule has 3 N–H and O–H groups in total. The Labute approximate surface area is 160 Å². The normalized spacial score (nSPS) is 16.6. The molecule has 1 aromatic rings. The summed E-state index contributed by atoms with van der Waals surface area (Å²) in [5, 5.41) is 9.22. The molecule has 0 spiro atoms. The van der Waals surface area contributed by atoms with Crippen molar-refractivity contribution >= 4 is 23.5 Å². The number of carbonyl (C=O) groups is 2. The quantitative estimate of drug-likeness (QED) is 0.399. The minimum absolute atomic E-state index is 0.0139. The predicted molar refractivity (Wildman–Crippen MR) is 107 cm³/mol. The van der Waals surface area contributed by atoms with E-state index in [1.165, 1.54) is 0 Å². The third-order valence-electron chi connectivity index (χ3n) is 4.22. The second-order valence-corrected chi connectivity index (χ2v) is 6.29. The molecule has 1 heterocycles. The molecule has 2 amide bonds. The van der Waals surface area contributed by atoms with Gasteiger partial charge in [0.25, 0.3) is 0 Å². The number of rotatable bonds is 6. The molecule has 1 atom stereocenters. The highest BCUT2D eigenvalue weighted by Gasteiger charge is 2.25. The van der Waals surface area contributed by atoms with Crippen molar-refractivity contribution in [3.05, 3.63) is 29.8 Å². The average Bonchev–Trinajstić information content (AvgIpc) is 3.14. The number of benzene rings is 1. The van der Waals surface area contributed by atoms with Crippen LogP contribution in [0.2, 0.25) is 0 Å². The molecule has 0 saturated carbocycles. The molecule has 144 valence electrons.